The number of aldehydes is 1. The van der Waals surface area contributed by atoms with E-state index in [0.29, 0.717) is 0 Å². The first-order valence-corrected chi connectivity index (χ1v) is 5.20. The maximum absolute atomic E-state index is 13.0. The number of rotatable bonds is 2. The Morgan fingerprint density at radius 2 is 1.84 bits per heavy atom. The molecule has 0 spiro atoms. The molecule has 0 atom stereocenters. The molecule has 0 radical (unpaired) electrons. The highest BCUT2D eigenvalue weighted by molar-refractivity contribution is 5.78. The summed E-state index contributed by atoms with van der Waals surface area (Å²) in [6, 6.07) is 5.68. The monoisotopic (exact) mass is 269 g/mol. The number of hydrogen-bond donors (Lipinski definition) is 0. The topological polar surface area (TPSA) is 30.0 Å². The van der Waals surface area contributed by atoms with Crippen LogP contribution < -0.4 is 0 Å². The maximum atomic E-state index is 13.0. The lowest BCUT2D eigenvalue weighted by Gasteiger charge is -2.09. The molecule has 0 fully saturated rings. The number of nitrogens with zero attached hydrogens (tertiary/aromatic N) is 1. The molecule has 1 heterocycles. The van der Waals surface area contributed by atoms with Gasteiger partial charge in [-0.25, -0.2) is 4.98 Å². The summed E-state index contributed by atoms with van der Waals surface area (Å²) in [5.41, 5.74) is -0.656. The standard InChI is InChI=1S/C13H7F4NO/c14-12-10(7-19)4-9(6-18-12)8-2-1-3-11(5-8)13(15,16)17/h1-7H. The molecule has 0 aliphatic heterocycles. The predicted molar refractivity (Wildman–Crippen MR) is 60.0 cm³/mol. The van der Waals surface area contributed by atoms with E-state index in [1.54, 1.807) is 0 Å². The van der Waals surface area contributed by atoms with E-state index in [2.05, 4.69) is 4.98 Å². The molecular formula is C13H7F4NO. The molecule has 1 aromatic heterocycles. The molecule has 0 bridgehead atoms. The zero-order valence-electron chi connectivity index (χ0n) is 9.41. The average molecular weight is 269 g/mol. The quantitative estimate of drug-likeness (QED) is 0.472. The lowest BCUT2D eigenvalue weighted by Crippen LogP contribution is -2.04. The van der Waals surface area contributed by atoms with Crippen LogP contribution in [0.15, 0.2) is 36.5 Å². The normalized spacial score (nSPS) is 11.4. The van der Waals surface area contributed by atoms with E-state index < -0.39 is 17.7 Å². The van der Waals surface area contributed by atoms with Gasteiger partial charge in [-0.05, 0) is 23.8 Å². The first kappa shape index (κ1) is 13.2. The Morgan fingerprint density at radius 1 is 1.11 bits per heavy atom. The second kappa shape index (κ2) is 4.79. The summed E-state index contributed by atoms with van der Waals surface area (Å²) in [5, 5.41) is 0. The van der Waals surface area contributed by atoms with E-state index in [4.69, 9.17) is 0 Å². The van der Waals surface area contributed by atoms with Gasteiger partial charge in [-0.15, -0.1) is 0 Å². The lowest BCUT2D eigenvalue weighted by molar-refractivity contribution is -0.137. The van der Waals surface area contributed by atoms with E-state index in [1.165, 1.54) is 12.1 Å². The van der Waals surface area contributed by atoms with Crippen LogP contribution in [0.1, 0.15) is 15.9 Å². The van der Waals surface area contributed by atoms with Crippen LogP contribution >= 0.6 is 0 Å². The number of aromatic nitrogens is 1. The number of alkyl halides is 3. The fourth-order valence-electron chi connectivity index (χ4n) is 1.58. The van der Waals surface area contributed by atoms with Crippen LogP contribution in [-0.2, 0) is 6.18 Å². The minimum absolute atomic E-state index is 0.213. The molecular weight excluding hydrogens is 262 g/mol. The summed E-state index contributed by atoms with van der Waals surface area (Å²) in [6.45, 7) is 0. The van der Waals surface area contributed by atoms with Gasteiger partial charge in [0, 0.05) is 11.8 Å². The third-order valence-electron chi connectivity index (χ3n) is 2.52. The smallest absolute Gasteiger partial charge is 0.298 e. The minimum atomic E-state index is -4.46. The third kappa shape index (κ3) is 2.78. The fourth-order valence-corrected chi connectivity index (χ4v) is 1.58. The van der Waals surface area contributed by atoms with Crippen molar-refractivity contribution in [1.29, 1.82) is 0 Å². The van der Waals surface area contributed by atoms with Crippen LogP contribution in [-0.4, -0.2) is 11.3 Å². The molecule has 0 N–H and O–H groups in total. The van der Waals surface area contributed by atoms with Gasteiger partial charge in [0.25, 0.3) is 0 Å². The van der Waals surface area contributed by atoms with E-state index >= 15 is 0 Å². The molecule has 6 heteroatoms. The first-order valence-electron chi connectivity index (χ1n) is 5.20. The van der Waals surface area contributed by atoms with Crippen molar-refractivity contribution < 1.29 is 22.4 Å². The highest BCUT2D eigenvalue weighted by atomic mass is 19.4. The molecule has 0 saturated heterocycles. The molecule has 0 amide bonds. The van der Waals surface area contributed by atoms with Crippen LogP contribution in [0, 0.1) is 5.95 Å². The van der Waals surface area contributed by atoms with Crippen LogP contribution in [0.25, 0.3) is 11.1 Å². The molecule has 98 valence electrons. The lowest BCUT2D eigenvalue weighted by atomic mass is 10.0. The van der Waals surface area contributed by atoms with Crippen LogP contribution in [0.5, 0.6) is 0 Å². The minimum Gasteiger partial charge on any atom is -0.298 e. The summed E-state index contributed by atoms with van der Waals surface area (Å²) in [7, 11) is 0. The Morgan fingerprint density at radius 3 is 2.47 bits per heavy atom. The van der Waals surface area contributed by atoms with Crippen molar-refractivity contribution in [2.24, 2.45) is 0 Å². The number of benzene rings is 1. The molecule has 2 rings (SSSR count). The van der Waals surface area contributed by atoms with Gasteiger partial charge in [-0.3, -0.25) is 4.79 Å². The van der Waals surface area contributed by atoms with Crippen molar-refractivity contribution >= 4 is 6.29 Å². The van der Waals surface area contributed by atoms with E-state index in [-0.39, 0.29) is 23.0 Å². The number of hydrogen-bond acceptors (Lipinski definition) is 2. The molecule has 0 unspecified atom stereocenters. The van der Waals surface area contributed by atoms with Gasteiger partial charge < -0.3 is 0 Å². The second-order valence-electron chi connectivity index (χ2n) is 3.80. The summed E-state index contributed by atoms with van der Waals surface area (Å²) >= 11 is 0. The summed E-state index contributed by atoms with van der Waals surface area (Å²) in [6.07, 6.45) is -3.12. The molecule has 1 aromatic carbocycles. The highest BCUT2D eigenvalue weighted by Gasteiger charge is 2.30. The van der Waals surface area contributed by atoms with Crippen molar-refractivity contribution in [2.45, 2.75) is 6.18 Å². The first-order chi connectivity index (χ1) is 8.91. The van der Waals surface area contributed by atoms with Crippen molar-refractivity contribution in [1.82, 2.24) is 4.98 Å². The highest BCUT2D eigenvalue weighted by Crippen LogP contribution is 2.32. The van der Waals surface area contributed by atoms with Crippen LogP contribution in [0.4, 0.5) is 17.6 Å². The van der Waals surface area contributed by atoms with Crippen molar-refractivity contribution in [3.05, 3.63) is 53.6 Å². The van der Waals surface area contributed by atoms with Gasteiger partial charge >= 0.3 is 6.18 Å². The number of carbonyl (C=O) groups excluding carboxylic acids is 1. The Labute approximate surface area is 105 Å². The van der Waals surface area contributed by atoms with E-state index in [0.717, 1.165) is 24.4 Å². The van der Waals surface area contributed by atoms with Crippen molar-refractivity contribution in [2.75, 3.05) is 0 Å². The predicted octanol–water partition coefficient (Wildman–Crippen LogP) is 3.72. The SMILES string of the molecule is O=Cc1cc(-c2cccc(C(F)(F)F)c2)cnc1F. The van der Waals surface area contributed by atoms with Crippen molar-refractivity contribution in [3.8, 4) is 11.1 Å². The van der Waals surface area contributed by atoms with Gasteiger partial charge in [0.15, 0.2) is 6.29 Å². The average Bonchev–Trinajstić information content (AvgIpc) is 2.38. The Hall–Kier alpha value is -2.24. The molecule has 0 aliphatic rings. The molecule has 19 heavy (non-hydrogen) atoms. The van der Waals surface area contributed by atoms with Crippen LogP contribution in [0.2, 0.25) is 0 Å². The Bertz CT molecular complexity index is 622. The summed E-state index contributed by atoms with van der Waals surface area (Å²) < 4.78 is 50.7. The molecule has 0 saturated carbocycles. The molecule has 2 nitrogen and oxygen atoms in total. The number of pyridine rings is 1. The van der Waals surface area contributed by atoms with Gasteiger partial charge in [0.1, 0.15) is 0 Å². The largest absolute Gasteiger partial charge is 0.416 e. The van der Waals surface area contributed by atoms with Crippen molar-refractivity contribution in [3.63, 3.8) is 0 Å². The summed E-state index contributed by atoms with van der Waals surface area (Å²) in [4.78, 5) is 13.9. The van der Waals surface area contributed by atoms with Gasteiger partial charge in [-0.1, -0.05) is 12.1 Å². The van der Waals surface area contributed by atoms with E-state index in [1.807, 2.05) is 0 Å². The zero-order chi connectivity index (χ0) is 14.0. The Balaban J connectivity index is 2.50. The number of carbonyl (C=O) groups is 1. The Kier molecular flexibility index (Phi) is 3.33. The number of halogens is 4. The second-order valence-corrected chi connectivity index (χ2v) is 3.80. The van der Waals surface area contributed by atoms with Gasteiger partial charge in [-0.2, -0.15) is 17.6 Å². The van der Waals surface area contributed by atoms with E-state index in [9.17, 15) is 22.4 Å². The van der Waals surface area contributed by atoms with Gasteiger partial charge in [0.05, 0.1) is 11.1 Å². The van der Waals surface area contributed by atoms with Gasteiger partial charge in [0.2, 0.25) is 5.95 Å². The zero-order valence-corrected chi connectivity index (χ0v) is 9.41. The maximum Gasteiger partial charge on any atom is 0.416 e. The molecule has 2 aromatic rings. The summed E-state index contributed by atoms with van der Waals surface area (Å²) in [5.74, 6) is -0.953. The van der Waals surface area contributed by atoms with Crippen LogP contribution in [0.3, 0.4) is 0 Å². The fraction of sp³-hybridized carbons (Fsp3) is 0.0769. The third-order valence-corrected chi connectivity index (χ3v) is 2.52. The molecule has 0 aliphatic carbocycles.